The van der Waals surface area contributed by atoms with Crippen LogP contribution in [0.3, 0.4) is 0 Å². The number of phenols is 2. The van der Waals surface area contributed by atoms with Crippen LogP contribution in [0.2, 0.25) is 0 Å². The van der Waals surface area contributed by atoms with Crippen molar-refractivity contribution in [3.8, 4) is 11.5 Å². The molecule has 0 saturated heterocycles. The summed E-state index contributed by atoms with van der Waals surface area (Å²) < 4.78 is 0. The molecular formula is C20H23N3O6. The van der Waals surface area contributed by atoms with Crippen LogP contribution in [0.5, 0.6) is 11.5 Å². The van der Waals surface area contributed by atoms with E-state index in [1.54, 1.807) is 24.3 Å². The van der Waals surface area contributed by atoms with Gasteiger partial charge in [-0.25, -0.2) is 0 Å². The zero-order valence-corrected chi connectivity index (χ0v) is 15.5. The Morgan fingerprint density at radius 3 is 1.79 bits per heavy atom. The number of benzene rings is 2. The predicted octanol–water partition coefficient (Wildman–Crippen LogP) is -0.104. The number of hydrogen-bond acceptors (Lipinski definition) is 6. The molecule has 9 heteroatoms. The lowest BCUT2D eigenvalue weighted by Gasteiger charge is -2.20. The minimum atomic E-state index is -1.21. The van der Waals surface area contributed by atoms with Gasteiger partial charge >= 0.3 is 5.97 Å². The van der Waals surface area contributed by atoms with Gasteiger partial charge in [0, 0.05) is 6.42 Å². The standard InChI is InChI=1S/C20H23N3O6/c21-16(9-12-1-5-14(24)6-2-12)19(28)23-17(20(29)22-11-18(26)27)10-13-3-7-15(25)8-4-13/h1-8,16-17,24-25H,9-11,21H2,(H,22,29)(H,23,28)(H,26,27)/t16-,17-/m0/s1. The molecule has 0 unspecified atom stereocenters. The smallest absolute Gasteiger partial charge is 0.322 e. The molecular weight excluding hydrogens is 378 g/mol. The Bertz CT molecular complexity index is 852. The Morgan fingerprint density at radius 2 is 1.31 bits per heavy atom. The van der Waals surface area contributed by atoms with Gasteiger partial charge in [0.05, 0.1) is 6.04 Å². The fourth-order valence-electron chi connectivity index (χ4n) is 2.62. The van der Waals surface area contributed by atoms with Crippen molar-refractivity contribution in [3.05, 3.63) is 59.7 Å². The molecule has 2 amide bonds. The van der Waals surface area contributed by atoms with Crippen LogP contribution < -0.4 is 16.4 Å². The van der Waals surface area contributed by atoms with E-state index in [-0.39, 0.29) is 24.3 Å². The first-order valence-corrected chi connectivity index (χ1v) is 8.86. The first-order chi connectivity index (χ1) is 13.7. The summed E-state index contributed by atoms with van der Waals surface area (Å²) in [5, 5.41) is 32.2. The molecule has 29 heavy (non-hydrogen) atoms. The zero-order chi connectivity index (χ0) is 21.4. The number of carboxylic acid groups (broad SMARTS) is 1. The van der Waals surface area contributed by atoms with Crippen molar-refractivity contribution >= 4 is 17.8 Å². The van der Waals surface area contributed by atoms with Gasteiger partial charge in [0.1, 0.15) is 24.1 Å². The van der Waals surface area contributed by atoms with Crippen LogP contribution in [0.1, 0.15) is 11.1 Å². The van der Waals surface area contributed by atoms with Crippen LogP contribution in [0.4, 0.5) is 0 Å². The van der Waals surface area contributed by atoms with E-state index in [1.165, 1.54) is 24.3 Å². The minimum Gasteiger partial charge on any atom is -0.508 e. The lowest BCUT2D eigenvalue weighted by molar-refractivity contribution is -0.138. The lowest BCUT2D eigenvalue weighted by atomic mass is 10.0. The molecule has 0 bridgehead atoms. The van der Waals surface area contributed by atoms with Gasteiger partial charge < -0.3 is 31.7 Å². The molecule has 0 heterocycles. The third-order valence-electron chi connectivity index (χ3n) is 4.15. The number of carbonyl (C=O) groups is 3. The number of amides is 2. The average Bonchev–Trinajstić information content (AvgIpc) is 2.68. The summed E-state index contributed by atoms with van der Waals surface area (Å²) >= 11 is 0. The second-order valence-electron chi connectivity index (χ2n) is 6.52. The van der Waals surface area contributed by atoms with Gasteiger partial charge in [-0.05, 0) is 41.8 Å². The molecule has 2 aromatic rings. The average molecular weight is 401 g/mol. The Hall–Kier alpha value is -3.59. The summed E-state index contributed by atoms with van der Waals surface area (Å²) in [6, 6.07) is 10.3. The minimum absolute atomic E-state index is 0.0561. The highest BCUT2D eigenvalue weighted by Gasteiger charge is 2.24. The van der Waals surface area contributed by atoms with Crippen molar-refractivity contribution in [2.24, 2.45) is 5.73 Å². The first kappa shape index (κ1) is 21.7. The van der Waals surface area contributed by atoms with Gasteiger partial charge in [0.25, 0.3) is 0 Å². The molecule has 9 nitrogen and oxygen atoms in total. The normalized spacial score (nSPS) is 12.6. The molecule has 0 aliphatic carbocycles. The largest absolute Gasteiger partial charge is 0.508 e. The van der Waals surface area contributed by atoms with E-state index < -0.39 is 36.4 Å². The number of nitrogens with two attached hydrogens (primary N) is 1. The molecule has 0 aliphatic heterocycles. The Kier molecular flexibility index (Phi) is 7.55. The van der Waals surface area contributed by atoms with Crippen LogP contribution in [-0.2, 0) is 27.2 Å². The number of aliphatic carboxylic acids is 1. The fourth-order valence-corrected chi connectivity index (χ4v) is 2.62. The molecule has 0 spiro atoms. The van der Waals surface area contributed by atoms with Crippen molar-refractivity contribution in [1.82, 2.24) is 10.6 Å². The second-order valence-corrected chi connectivity index (χ2v) is 6.52. The molecule has 0 saturated carbocycles. The monoisotopic (exact) mass is 401 g/mol. The van der Waals surface area contributed by atoms with Crippen molar-refractivity contribution in [1.29, 1.82) is 0 Å². The molecule has 2 atom stereocenters. The van der Waals surface area contributed by atoms with Gasteiger partial charge in [0.15, 0.2) is 0 Å². The molecule has 7 N–H and O–H groups in total. The molecule has 154 valence electrons. The second kappa shape index (κ2) is 10.1. The number of rotatable bonds is 9. The SMILES string of the molecule is N[C@@H](Cc1ccc(O)cc1)C(=O)N[C@@H](Cc1ccc(O)cc1)C(=O)NCC(=O)O. The number of nitrogens with one attached hydrogen (secondary N) is 2. The Labute approximate surface area is 167 Å². The van der Waals surface area contributed by atoms with Gasteiger partial charge in [-0.2, -0.15) is 0 Å². The number of carboxylic acids is 1. The fraction of sp³-hybridized carbons (Fsp3) is 0.250. The quantitative estimate of drug-likeness (QED) is 0.342. The van der Waals surface area contributed by atoms with Gasteiger partial charge in [-0.1, -0.05) is 24.3 Å². The Balaban J connectivity index is 2.06. The van der Waals surface area contributed by atoms with Crippen molar-refractivity contribution in [3.63, 3.8) is 0 Å². The highest BCUT2D eigenvalue weighted by atomic mass is 16.4. The van der Waals surface area contributed by atoms with E-state index in [0.29, 0.717) is 5.56 Å². The number of aromatic hydroxyl groups is 2. The van der Waals surface area contributed by atoms with Crippen LogP contribution in [0.25, 0.3) is 0 Å². The third kappa shape index (κ3) is 7.15. The molecule has 0 fully saturated rings. The van der Waals surface area contributed by atoms with E-state index >= 15 is 0 Å². The van der Waals surface area contributed by atoms with E-state index in [0.717, 1.165) is 5.56 Å². The van der Waals surface area contributed by atoms with Gasteiger partial charge in [-0.15, -0.1) is 0 Å². The maximum Gasteiger partial charge on any atom is 0.322 e. The van der Waals surface area contributed by atoms with E-state index in [9.17, 15) is 24.6 Å². The van der Waals surface area contributed by atoms with Crippen molar-refractivity contribution in [2.45, 2.75) is 24.9 Å². The molecule has 2 rings (SSSR count). The van der Waals surface area contributed by atoms with Crippen LogP contribution in [-0.4, -0.2) is 51.7 Å². The first-order valence-electron chi connectivity index (χ1n) is 8.86. The van der Waals surface area contributed by atoms with E-state index in [2.05, 4.69) is 10.6 Å². The predicted molar refractivity (Wildman–Crippen MR) is 104 cm³/mol. The molecule has 0 aromatic heterocycles. The van der Waals surface area contributed by atoms with Crippen LogP contribution >= 0.6 is 0 Å². The summed E-state index contributed by atoms with van der Waals surface area (Å²) in [7, 11) is 0. The Morgan fingerprint density at radius 1 is 0.828 bits per heavy atom. The van der Waals surface area contributed by atoms with Crippen molar-refractivity contribution in [2.75, 3.05) is 6.54 Å². The van der Waals surface area contributed by atoms with Gasteiger partial charge in [-0.3, -0.25) is 14.4 Å². The highest BCUT2D eigenvalue weighted by molar-refractivity contribution is 5.91. The van der Waals surface area contributed by atoms with E-state index in [4.69, 9.17) is 10.8 Å². The molecule has 0 aliphatic rings. The molecule has 0 radical (unpaired) electrons. The molecule has 2 aromatic carbocycles. The van der Waals surface area contributed by atoms with Gasteiger partial charge in [0.2, 0.25) is 11.8 Å². The number of phenolic OH excluding ortho intramolecular Hbond substituents is 2. The van der Waals surface area contributed by atoms with Crippen LogP contribution in [0.15, 0.2) is 48.5 Å². The summed E-state index contributed by atoms with van der Waals surface area (Å²) in [4.78, 5) is 35.6. The maximum absolute atomic E-state index is 12.5. The number of hydrogen-bond donors (Lipinski definition) is 6. The lowest BCUT2D eigenvalue weighted by Crippen LogP contribution is -2.53. The van der Waals surface area contributed by atoms with E-state index in [1.807, 2.05) is 0 Å². The zero-order valence-electron chi connectivity index (χ0n) is 15.5. The topological polar surface area (TPSA) is 162 Å². The highest BCUT2D eigenvalue weighted by Crippen LogP contribution is 2.13. The maximum atomic E-state index is 12.5. The number of carbonyl (C=O) groups excluding carboxylic acids is 2. The van der Waals surface area contributed by atoms with Crippen LogP contribution in [0, 0.1) is 0 Å². The third-order valence-corrected chi connectivity index (χ3v) is 4.15. The summed E-state index contributed by atoms with van der Waals surface area (Å²) in [6.45, 7) is -0.583. The summed E-state index contributed by atoms with van der Waals surface area (Å²) in [5.74, 6) is -2.30. The van der Waals surface area contributed by atoms with Crippen molar-refractivity contribution < 1.29 is 29.7 Å². The summed E-state index contributed by atoms with van der Waals surface area (Å²) in [6.07, 6.45) is 0.276. The summed E-state index contributed by atoms with van der Waals surface area (Å²) in [5.41, 5.74) is 7.33.